The third-order valence-electron chi connectivity index (χ3n) is 5.21. The molecule has 26 heavy (non-hydrogen) atoms. The second-order valence-corrected chi connectivity index (χ2v) is 6.90. The zero-order valence-corrected chi connectivity index (χ0v) is 15.0. The molecule has 0 spiro atoms. The van der Waals surface area contributed by atoms with E-state index in [1.54, 1.807) is 0 Å². The fourth-order valence-electron chi connectivity index (χ4n) is 3.73. The Bertz CT molecular complexity index is 785. The molecule has 0 unspecified atom stereocenters. The van der Waals surface area contributed by atoms with E-state index >= 15 is 0 Å². The number of aromatic nitrogens is 2. The summed E-state index contributed by atoms with van der Waals surface area (Å²) in [6, 6.07) is 12.1. The molecular formula is C20H24N6. The van der Waals surface area contributed by atoms with E-state index < -0.39 is 0 Å². The molecule has 6 heteroatoms. The normalized spacial score (nSPS) is 17.9. The molecule has 2 fully saturated rings. The molecule has 0 radical (unpaired) electrons. The van der Waals surface area contributed by atoms with Crippen LogP contribution in [0, 0.1) is 11.3 Å². The summed E-state index contributed by atoms with van der Waals surface area (Å²) >= 11 is 0. The Morgan fingerprint density at radius 3 is 2.38 bits per heavy atom. The molecule has 134 valence electrons. The highest BCUT2D eigenvalue weighted by Gasteiger charge is 2.20. The minimum atomic E-state index is 0.715. The van der Waals surface area contributed by atoms with Crippen molar-refractivity contribution in [1.82, 2.24) is 9.97 Å². The molecule has 4 rings (SSSR count). The van der Waals surface area contributed by atoms with E-state index in [1.807, 2.05) is 30.5 Å². The van der Waals surface area contributed by atoms with Crippen molar-refractivity contribution in [2.24, 2.45) is 0 Å². The molecule has 0 atom stereocenters. The quantitative estimate of drug-likeness (QED) is 0.850. The molecule has 0 aliphatic carbocycles. The molecule has 0 N–H and O–H groups in total. The minimum absolute atomic E-state index is 0.715. The second kappa shape index (κ2) is 7.61. The number of anilines is 3. The molecule has 2 saturated heterocycles. The number of hydrogen-bond donors (Lipinski definition) is 0. The highest BCUT2D eigenvalue weighted by molar-refractivity contribution is 5.53. The maximum Gasteiger partial charge on any atom is 0.227 e. The van der Waals surface area contributed by atoms with Gasteiger partial charge in [0.25, 0.3) is 0 Å². The van der Waals surface area contributed by atoms with E-state index in [9.17, 15) is 0 Å². The van der Waals surface area contributed by atoms with Crippen LogP contribution in [0.25, 0.3) is 0 Å². The van der Waals surface area contributed by atoms with Gasteiger partial charge in [0.15, 0.2) is 0 Å². The van der Waals surface area contributed by atoms with Crippen molar-refractivity contribution in [2.45, 2.75) is 19.3 Å². The van der Waals surface area contributed by atoms with Crippen LogP contribution in [0.15, 0.2) is 36.5 Å². The summed E-state index contributed by atoms with van der Waals surface area (Å²) < 4.78 is 0. The van der Waals surface area contributed by atoms with Gasteiger partial charge >= 0.3 is 0 Å². The average Bonchev–Trinajstić information content (AvgIpc) is 2.75. The van der Waals surface area contributed by atoms with E-state index in [-0.39, 0.29) is 0 Å². The molecule has 2 aliphatic heterocycles. The second-order valence-electron chi connectivity index (χ2n) is 6.90. The van der Waals surface area contributed by atoms with Gasteiger partial charge in [0.05, 0.1) is 11.6 Å². The van der Waals surface area contributed by atoms with Gasteiger partial charge in [0.1, 0.15) is 5.82 Å². The molecule has 3 heterocycles. The number of piperidine rings is 1. The van der Waals surface area contributed by atoms with Crippen molar-refractivity contribution in [1.29, 1.82) is 5.26 Å². The van der Waals surface area contributed by atoms with Gasteiger partial charge in [0.2, 0.25) is 5.95 Å². The van der Waals surface area contributed by atoms with E-state index in [4.69, 9.17) is 10.2 Å². The summed E-state index contributed by atoms with van der Waals surface area (Å²) in [7, 11) is 0. The number of rotatable bonds is 3. The number of piperazine rings is 1. The number of hydrogen-bond acceptors (Lipinski definition) is 6. The monoisotopic (exact) mass is 348 g/mol. The Balaban J connectivity index is 1.42. The molecule has 0 bridgehead atoms. The highest BCUT2D eigenvalue weighted by atomic mass is 15.3. The summed E-state index contributed by atoms with van der Waals surface area (Å²) in [6.45, 7) is 5.83. The van der Waals surface area contributed by atoms with E-state index in [1.165, 1.54) is 19.3 Å². The lowest BCUT2D eigenvalue weighted by Crippen LogP contribution is -2.47. The van der Waals surface area contributed by atoms with Crippen LogP contribution in [0.2, 0.25) is 0 Å². The lowest BCUT2D eigenvalue weighted by Gasteiger charge is -2.37. The SMILES string of the molecule is N#Cc1cccc(N2CCN(c3ccnc(N4CCCCC4)n3)CC2)c1. The molecule has 0 amide bonds. The molecule has 6 nitrogen and oxygen atoms in total. The van der Waals surface area contributed by atoms with Crippen molar-refractivity contribution in [2.75, 3.05) is 54.0 Å². The largest absolute Gasteiger partial charge is 0.368 e. The van der Waals surface area contributed by atoms with Crippen molar-refractivity contribution in [3.05, 3.63) is 42.1 Å². The Labute approximate surface area is 154 Å². The van der Waals surface area contributed by atoms with Gasteiger partial charge in [-0.1, -0.05) is 6.07 Å². The van der Waals surface area contributed by atoms with E-state index in [0.29, 0.717) is 5.56 Å². The molecule has 2 aliphatic rings. The average molecular weight is 348 g/mol. The minimum Gasteiger partial charge on any atom is -0.368 e. The van der Waals surface area contributed by atoms with E-state index in [2.05, 4.69) is 31.8 Å². The maximum absolute atomic E-state index is 9.09. The van der Waals surface area contributed by atoms with Gasteiger partial charge in [-0.05, 0) is 43.5 Å². The predicted molar refractivity (Wildman–Crippen MR) is 104 cm³/mol. The lowest BCUT2D eigenvalue weighted by atomic mass is 10.1. The van der Waals surface area contributed by atoms with E-state index in [0.717, 1.165) is 56.7 Å². The zero-order valence-electron chi connectivity index (χ0n) is 15.0. The Morgan fingerprint density at radius 1 is 0.846 bits per heavy atom. The topological polar surface area (TPSA) is 59.3 Å². The Morgan fingerprint density at radius 2 is 1.62 bits per heavy atom. The number of benzene rings is 1. The van der Waals surface area contributed by atoms with Gasteiger partial charge in [-0.3, -0.25) is 0 Å². The predicted octanol–water partition coefficient (Wildman–Crippen LogP) is 2.67. The summed E-state index contributed by atoms with van der Waals surface area (Å²) in [5.41, 5.74) is 1.84. The summed E-state index contributed by atoms with van der Waals surface area (Å²) in [5.74, 6) is 1.89. The lowest BCUT2D eigenvalue weighted by molar-refractivity contribution is 0.567. The third kappa shape index (κ3) is 3.57. The van der Waals surface area contributed by atoms with Crippen LogP contribution >= 0.6 is 0 Å². The first-order valence-electron chi connectivity index (χ1n) is 9.41. The smallest absolute Gasteiger partial charge is 0.227 e. The standard InChI is InChI=1S/C20H24N6/c21-16-17-5-4-6-18(15-17)24-11-13-25(14-12-24)19-7-8-22-20(23-19)26-9-2-1-3-10-26/h4-8,15H,1-3,9-14H2. The van der Waals surface area contributed by atoms with Crippen LogP contribution in [0.1, 0.15) is 24.8 Å². The Hall–Kier alpha value is -2.81. The first kappa shape index (κ1) is 16.6. The van der Waals surface area contributed by atoms with Crippen molar-refractivity contribution in [3.63, 3.8) is 0 Å². The van der Waals surface area contributed by atoms with Crippen LogP contribution in [-0.4, -0.2) is 49.2 Å². The summed E-state index contributed by atoms with van der Waals surface area (Å²) in [4.78, 5) is 16.3. The first-order chi connectivity index (χ1) is 12.8. The van der Waals surface area contributed by atoms with Crippen LogP contribution < -0.4 is 14.7 Å². The zero-order chi connectivity index (χ0) is 17.8. The summed E-state index contributed by atoms with van der Waals surface area (Å²) in [6.07, 6.45) is 5.65. The fourth-order valence-corrected chi connectivity index (χ4v) is 3.73. The van der Waals surface area contributed by atoms with Crippen LogP contribution in [-0.2, 0) is 0 Å². The highest BCUT2D eigenvalue weighted by Crippen LogP contribution is 2.22. The first-order valence-corrected chi connectivity index (χ1v) is 9.41. The van der Waals surface area contributed by atoms with Gasteiger partial charge < -0.3 is 14.7 Å². The molecule has 1 aromatic carbocycles. The number of nitriles is 1. The van der Waals surface area contributed by atoms with Crippen LogP contribution in [0.3, 0.4) is 0 Å². The van der Waals surface area contributed by atoms with Crippen LogP contribution in [0.4, 0.5) is 17.5 Å². The Kier molecular flexibility index (Phi) is 4.87. The van der Waals surface area contributed by atoms with Gasteiger partial charge in [-0.25, -0.2) is 4.98 Å². The molecule has 0 saturated carbocycles. The fraction of sp³-hybridized carbons (Fsp3) is 0.450. The van der Waals surface area contributed by atoms with Gasteiger partial charge in [-0.15, -0.1) is 0 Å². The van der Waals surface area contributed by atoms with Crippen molar-refractivity contribution in [3.8, 4) is 6.07 Å². The molecule has 2 aromatic rings. The summed E-state index contributed by atoms with van der Waals surface area (Å²) in [5, 5.41) is 9.09. The van der Waals surface area contributed by atoms with Crippen LogP contribution in [0.5, 0.6) is 0 Å². The number of nitrogens with zero attached hydrogens (tertiary/aromatic N) is 6. The molecule has 1 aromatic heterocycles. The van der Waals surface area contributed by atoms with Gasteiger partial charge in [0, 0.05) is 51.2 Å². The van der Waals surface area contributed by atoms with Crippen molar-refractivity contribution < 1.29 is 0 Å². The molecular weight excluding hydrogens is 324 g/mol. The third-order valence-corrected chi connectivity index (χ3v) is 5.21. The van der Waals surface area contributed by atoms with Gasteiger partial charge in [-0.2, -0.15) is 10.2 Å². The maximum atomic E-state index is 9.09. The van der Waals surface area contributed by atoms with Crippen molar-refractivity contribution >= 4 is 17.5 Å².